The van der Waals surface area contributed by atoms with Gasteiger partial charge in [0.05, 0.1) is 18.1 Å². The molecule has 2 rings (SSSR count). The van der Waals surface area contributed by atoms with E-state index in [1.54, 1.807) is 6.26 Å². The first-order valence-corrected chi connectivity index (χ1v) is 6.07. The van der Waals surface area contributed by atoms with Gasteiger partial charge in [-0.15, -0.1) is 0 Å². The molecular formula is C13H21NO2. The average Bonchev–Trinajstić information content (AvgIpc) is 2.79. The summed E-state index contributed by atoms with van der Waals surface area (Å²) in [5.74, 6) is 0. The molecule has 1 saturated heterocycles. The highest BCUT2D eigenvalue weighted by atomic mass is 16.5. The first-order valence-electron chi connectivity index (χ1n) is 6.07. The van der Waals surface area contributed by atoms with Gasteiger partial charge in [-0.2, -0.15) is 0 Å². The third-order valence-corrected chi connectivity index (χ3v) is 3.60. The van der Waals surface area contributed by atoms with E-state index in [1.165, 1.54) is 18.4 Å². The van der Waals surface area contributed by atoms with E-state index in [-0.39, 0.29) is 5.60 Å². The highest BCUT2D eigenvalue weighted by Gasteiger charge is 2.35. The summed E-state index contributed by atoms with van der Waals surface area (Å²) >= 11 is 0. The quantitative estimate of drug-likeness (QED) is 0.851. The van der Waals surface area contributed by atoms with Crippen molar-refractivity contribution in [2.75, 3.05) is 13.7 Å². The first-order chi connectivity index (χ1) is 7.74. The van der Waals surface area contributed by atoms with Crippen LogP contribution in [0.3, 0.4) is 0 Å². The molecule has 0 aromatic carbocycles. The molecule has 0 amide bonds. The molecule has 1 aliphatic rings. The molecular weight excluding hydrogens is 202 g/mol. The smallest absolute Gasteiger partial charge is 0.0935 e. The summed E-state index contributed by atoms with van der Waals surface area (Å²) in [5.41, 5.74) is 1.19. The average molecular weight is 223 g/mol. The van der Waals surface area contributed by atoms with Crippen LogP contribution in [0.1, 0.15) is 31.7 Å². The number of nitrogens with one attached hydrogen (secondary N) is 1. The van der Waals surface area contributed by atoms with Gasteiger partial charge in [0.25, 0.3) is 0 Å². The Balaban J connectivity index is 2.03. The van der Waals surface area contributed by atoms with Crippen LogP contribution < -0.4 is 5.32 Å². The number of rotatable bonds is 4. The van der Waals surface area contributed by atoms with E-state index in [0.29, 0.717) is 6.04 Å². The molecule has 1 N–H and O–H groups in total. The standard InChI is InChI=1S/C13H21NO2/c1-13(6-3-4-7-16-13)12(14-2)9-11-5-8-15-10-11/h5,8,10,12,14H,3-4,6-7,9H2,1-2H3. The molecule has 0 spiro atoms. The number of furan rings is 1. The van der Waals surface area contributed by atoms with Crippen molar-refractivity contribution in [1.82, 2.24) is 5.32 Å². The molecule has 3 heteroatoms. The summed E-state index contributed by atoms with van der Waals surface area (Å²) in [5, 5.41) is 3.38. The van der Waals surface area contributed by atoms with Gasteiger partial charge in [-0.05, 0) is 51.3 Å². The van der Waals surface area contributed by atoms with E-state index in [2.05, 4.69) is 12.2 Å². The van der Waals surface area contributed by atoms with Crippen LogP contribution in [0.5, 0.6) is 0 Å². The van der Waals surface area contributed by atoms with Gasteiger partial charge >= 0.3 is 0 Å². The van der Waals surface area contributed by atoms with E-state index in [0.717, 1.165) is 19.4 Å². The van der Waals surface area contributed by atoms with Crippen molar-refractivity contribution in [2.45, 2.75) is 44.2 Å². The molecule has 0 radical (unpaired) electrons. The lowest BCUT2D eigenvalue weighted by molar-refractivity contribution is -0.0870. The third-order valence-electron chi connectivity index (χ3n) is 3.60. The zero-order valence-corrected chi connectivity index (χ0v) is 10.2. The summed E-state index contributed by atoms with van der Waals surface area (Å²) in [6.07, 6.45) is 8.10. The summed E-state index contributed by atoms with van der Waals surface area (Å²) in [6.45, 7) is 3.10. The Labute approximate surface area is 97.2 Å². The molecule has 0 aliphatic carbocycles. The van der Waals surface area contributed by atoms with Crippen LogP contribution in [0.4, 0.5) is 0 Å². The minimum Gasteiger partial charge on any atom is -0.472 e. The Hall–Kier alpha value is -0.800. The van der Waals surface area contributed by atoms with E-state index >= 15 is 0 Å². The molecule has 16 heavy (non-hydrogen) atoms. The summed E-state index contributed by atoms with van der Waals surface area (Å²) in [6, 6.07) is 2.38. The molecule has 1 aliphatic heterocycles. The molecule has 3 nitrogen and oxygen atoms in total. The van der Waals surface area contributed by atoms with Crippen LogP contribution in [0.25, 0.3) is 0 Å². The molecule has 1 aromatic heterocycles. The predicted octanol–water partition coefficient (Wildman–Crippen LogP) is 2.37. The molecule has 2 atom stereocenters. The van der Waals surface area contributed by atoms with Gasteiger partial charge in [-0.25, -0.2) is 0 Å². The summed E-state index contributed by atoms with van der Waals surface area (Å²) in [4.78, 5) is 0. The van der Waals surface area contributed by atoms with E-state index in [4.69, 9.17) is 9.15 Å². The molecule has 2 unspecified atom stereocenters. The fraction of sp³-hybridized carbons (Fsp3) is 0.692. The summed E-state index contributed by atoms with van der Waals surface area (Å²) < 4.78 is 11.1. The predicted molar refractivity (Wildman–Crippen MR) is 63.5 cm³/mol. The SMILES string of the molecule is CNC(Cc1ccoc1)C1(C)CCCCO1. The van der Waals surface area contributed by atoms with Crippen molar-refractivity contribution in [3.8, 4) is 0 Å². The first kappa shape index (κ1) is 11.7. The molecule has 1 fully saturated rings. The third kappa shape index (κ3) is 2.47. The maximum atomic E-state index is 5.97. The van der Waals surface area contributed by atoms with Gasteiger partial charge in [-0.1, -0.05) is 0 Å². The normalized spacial score (nSPS) is 27.9. The fourth-order valence-corrected chi connectivity index (χ4v) is 2.50. The van der Waals surface area contributed by atoms with Crippen LogP contribution in [-0.2, 0) is 11.2 Å². The Morgan fingerprint density at radius 1 is 1.50 bits per heavy atom. The second-order valence-electron chi connectivity index (χ2n) is 4.80. The number of hydrogen-bond donors (Lipinski definition) is 1. The van der Waals surface area contributed by atoms with Crippen molar-refractivity contribution in [2.24, 2.45) is 0 Å². The fourth-order valence-electron chi connectivity index (χ4n) is 2.50. The highest BCUT2D eigenvalue weighted by molar-refractivity contribution is 5.10. The second kappa shape index (κ2) is 5.02. The van der Waals surface area contributed by atoms with Gasteiger partial charge in [0, 0.05) is 12.6 Å². The summed E-state index contributed by atoms with van der Waals surface area (Å²) in [7, 11) is 2.01. The zero-order chi connectivity index (χ0) is 11.4. The van der Waals surface area contributed by atoms with Gasteiger partial charge < -0.3 is 14.5 Å². The van der Waals surface area contributed by atoms with Crippen LogP contribution >= 0.6 is 0 Å². The maximum absolute atomic E-state index is 5.97. The van der Waals surface area contributed by atoms with Gasteiger partial charge in [0.15, 0.2) is 0 Å². The Morgan fingerprint density at radius 2 is 2.38 bits per heavy atom. The van der Waals surface area contributed by atoms with E-state index in [1.807, 2.05) is 19.4 Å². The Kier molecular flexibility index (Phi) is 3.66. The van der Waals surface area contributed by atoms with E-state index in [9.17, 15) is 0 Å². The molecule has 0 saturated carbocycles. The van der Waals surface area contributed by atoms with Gasteiger partial charge in [0.1, 0.15) is 0 Å². The largest absolute Gasteiger partial charge is 0.472 e. The van der Waals surface area contributed by atoms with Crippen molar-refractivity contribution in [1.29, 1.82) is 0 Å². The van der Waals surface area contributed by atoms with Crippen LogP contribution in [0, 0.1) is 0 Å². The lowest BCUT2D eigenvalue weighted by atomic mass is 9.85. The molecule has 2 heterocycles. The second-order valence-corrected chi connectivity index (χ2v) is 4.80. The minimum absolute atomic E-state index is 0.0374. The van der Waals surface area contributed by atoms with Crippen LogP contribution in [0.2, 0.25) is 0 Å². The van der Waals surface area contributed by atoms with Crippen molar-refractivity contribution in [3.63, 3.8) is 0 Å². The van der Waals surface area contributed by atoms with Crippen molar-refractivity contribution >= 4 is 0 Å². The lowest BCUT2D eigenvalue weighted by Gasteiger charge is -2.40. The highest BCUT2D eigenvalue weighted by Crippen LogP contribution is 2.29. The molecule has 0 bridgehead atoms. The minimum atomic E-state index is -0.0374. The number of likely N-dealkylation sites (N-methyl/N-ethyl adjacent to an activating group) is 1. The van der Waals surface area contributed by atoms with Crippen molar-refractivity contribution < 1.29 is 9.15 Å². The van der Waals surface area contributed by atoms with Crippen molar-refractivity contribution in [3.05, 3.63) is 24.2 Å². The van der Waals surface area contributed by atoms with Gasteiger partial charge in [-0.3, -0.25) is 0 Å². The van der Waals surface area contributed by atoms with Crippen LogP contribution in [0.15, 0.2) is 23.0 Å². The number of ether oxygens (including phenoxy) is 1. The molecule has 1 aromatic rings. The maximum Gasteiger partial charge on any atom is 0.0935 e. The topological polar surface area (TPSA) is 34.4 Å². The zero-order valence-electron chi connectivity index (χ0n) is 10.2. The Morgan fingerprint density at radius 3 is 2.94 bits per heavy atom. The van der Waals surface area contributed by atoms with Crippen LogP contribution in [-0.4, -0.2) is 25.3 Å². The Bertz CT molecular complexity index is 302. The lowest BCUT2D eigenvalue weighted by Crippen LogP contribution is -2.52. The monoisotopic (exact) mass is 223 g/mol. The van der Waals surface area contributed by atoms with E-state index < -0.39 is 0 Å². The number of hydrogen-bond acceptors (Lipinski definition) is 3. The van der Waals surface area contributed by atoms with Gasteiger partial charge in [0.2, 0.25) is 0 Å². The molecule has 90 valence electrons.